The SMILES string of the molecule is Nc1ncc(-c2cnn(C3CCNC3)c2)cc1-c1nnnn1C1CC=CC(Cl)=C1Cl. The van der Waals surface area contributed by atoms with E-state index < -0.39 is 0 Å². The third-order valence-electron chi connectivity index (χ3n) is 5.43. The maximum Gasteiger partial charge on any atom is 0.186 e. The molecule has 11 heteroatoms. The second kappa shape index (κ2) is 7.82. The van der Waals surface area contributed by atoms with Gasteiger partial charge in [0.15, 0.2) is 5.82 Å². The van der Waals surface area contributed by atoms with Gasteiger partial charge >= 0.3 is 0 Å². The Labute approximate surface area is 182 Å². The van der Waals surface area contributed by atoms with Crippen LogP contribution in [0.1, 0.15) is 24.9 Å². The second-order valence-corrected chi connectivity index (χ2v) is 8.12. The van der Waals surface area contributed by atoms with Crippen LogP contribution >= 0.6 is 23.2 Å². The van der Waals surface area contributed by atoms with Gasteiger partial charge in [-0.15, -0.1) is 5.10 Å². The molecule has 154 valence electrons. The molecular weight excluding hydrogens is 425 g/mol. The molecule has 0 aromatic carbocycles. The van der Waals surface area contributed by atoms with Gasteiger partial charge in [0.05, 0.1) is 33.9 Å². The molecule has 0 bridgehead atoms. The molecule has 2 aliphatic rings. The molecule has 2 atom stereocenters. The zero-order valence-corrected chi connectivity index (χ0v) is 17.4. The molecule has 3 aromatic heterocycles. The monoisotopic (exact) mass is 443 g/mol. The quantitative estimate of drug-likeness (QED) is 0.636. The Hall–Kier alpha value is -2.75. The van der Waals surface area contributed by atoms with Crippen molar-refractivity contribution in [2.24, 2.45) is 0 Å². The minimum Gasteiger partial charge on any atom is -0.383 e. The summed E-state index contributed by atoms with van der Waals surface area (Å²) in [4.78, 5) is 4.37. The lowest BCUT2D eigenvalue weighted by atomic mass is 10.1. The summed E-state index contributed by atoms with van der Waals surface area (Å²) in [7, 11) is 0. The van der Waals surface area contributed by atoms with Crippen molar-refractivity contribution in [1.82, 2.24) is 40.3 Å². The van der Waals surface area contributed by atoms with Gasteiger partial charge in [-0.25, -0.2) is 9.67 Å². The van der Waals surface area contributed by atoms with Crippen LogP contribution in [0.4, 0.5) is 5.82 Å². The van der Waals surface area contributed by atoms with Crippen LogP contribution in [0.2, 0.25) is 0 Å². The number of aromatic nitrogens is 7. The highest BCUT2D eigenvalue weighted by Crippen LogP contribution is 2.37. The first-order valence-electron chi connectivity index (χ1n) is 9.62. The molecule has 2 unspecified atom stereocenters. The van der Waals surface area contributed by atoms with Gasteiger partial charge in [-0.05, 0) is 42.0 Å². The maximum absolute atomic E-state index is 6.43. The number of nitrogens with zero attached hydrogens (tertiary/aromatic N) is 7. The van der Waals surface area contributed by atoms with Crippen LogP contribution in [-0.2, 0) is 0 Å². The predicted octanol–water partition coefficient (Wildman–Crippen LogP) is 2.91. The Morgan fingerprint density at radius 2 is 2.10 bits per heavy atom. The van der Waals surface area contributed by atoms with E-state index in [9.17, 15) is 0 Å². The molecule has 0 saturated carbocycles. The minimum absolute atomic E-state index is 0.296. The van der Waals surface area contributed by atoms with Gasteiger partial charge in [-0.1, -0.05) is 29.3 Å². The maximum atomic E-state index is 6.43. The number of nitrogen functional groups attached to an aromatic ring is 1. The molecule has 9 nitrogen and oxygen atoms in total. The summed E-state index contributed by atoms with van der Waals surface area (Å²) in [5.74, 6) is 0.817. The van der Waals surface area contributed by atoms with Crippen molar-refractivity contribution in [2.75, 3.05) is 18.8 Å². The molecule has 0 spiro atoms. The number of halogens is 2. The number of nitrogens with two attached hydrogens (primary N) is 1. The third-order valence-corrected chi connectivity index (χ3v) is 6.32. The molecule has 3 aromatic rings. The fourth-order valence-electron chi connectivity index (χ4n) is 3.80. The van der Waals surface area contributed by atoms with E-state index >= 15 is 0 Å². The Bertz CT molecular complexity index is 1140. The number of anilines is 1. The Balaban J connectivity index is 1.51. The van der Waals surface area contributed by atoms with Gasteiger partial charge in [0.2, 0.25) is 0 Å². The van der Waals surface area contributed by atoms with Crippen molar-refractivity contribution in [3.63, 3.8) is 0 Å². The molecule has 1 aliphatic heterocycles. The van der Waals surface area contributed by atoms with E-state index in [1.54, 1.807) is 17.0 Å². The zero-order chi connectivity index (χ0) is 20.7. The van der Waals surface area contributed by atoms with Crippen LogP contribution in [0.15, 0.2) is 46.9 Å². The lowest BCUT2D eigenvalue weighted by Gasteiger charge is -2.20. The minimum atomic E-state index is -0.296. The van der Waals surface area contributed by atoms with Crippen molar-refractivity contribution < 1.29 is 0 Å². The number of allylic oxidation sites excluding steroid dienone is 4. The van der Waals surface area contributed by atoms with Crippen LogP contribution in [0.25, 0.3) is 22.5 Å². The Morgan fingerprint density at radius 1 is 1.20 bits per heavy atom. The average molecular weight is 444 g/mol. The zero-order valence-electron chi connectivity index (χ0n) is 15.9. The normalized spacial score (nSPS) is 21.5. The molecular formula is C19H19Cl2N9. The van der Waals surface area contributed by atoms with E-state index in [2.05, 4.69) is 30.9 Å². The lowest BCUT2D eigenvalue weighted by molar-refractivity contribution is 0.491. The average Bonchev–Trinajstić information content (AvgIpc) is 3.51. The molecule has 0 radical (unpaired) electrons. The Morgan fingerprint density at radius 3 is 2.93 bits per heavy atom. The number of hydrogen-bond acceptors (Lipinski definition) is 7. The lowest BCUT2D eigenvalue weighted by Crippen LogP contribution is -2.15. The molecule has 5 rings (SSSR count). The summed E-state index contributed by atoms with van der Waals surface area (Å²) in [5, 5.41) is 21.0. The number of hydrogen-bond donors (Lipinski definition) is 2. The summed E-state index contributed by atoms with van der Waals surface area (Å²) in [6, 6.07) is 2.00. The fourth-order valence-corrected chi connectivity index (χ4v) is 4.25. The van der Waals surface area contributed by atoms with Gasteiger partial charge in [0.25, 0.3) is 0 Å². The largest absolute Gasteiger partial charge is 0.383 e. The first-order valence-corrected chi connectivity index (χ1v) is 10.4. The molecule has 1 saturated heterocycles. The molecule has 1 aliphatic carbocycles. The van der Waals surface area contributed by atoms with Gasteiger partial charge in [-0.2, -0.15) is 5.10 Å². The second-order valence-electron chi connectivity index (χ2n) is 7.31. The molecule has 4 heterocycles. The van der Waals surface area contributed by atoms with E-state index in [0.717, 1.165) is 30.6 Å². The van der Waals surface area contributed by atoms with Crippen molar-refractivity contribution in [3.8, 4) is 22.5 Å². The van der Waals surface area contributed by atoms with Crippen molar-refractivity contribution in [3.05, 3.63) is 46.9 Å². The summed E-state index contributed by atoms with van der Waals surface area (Å²) in [6.45, 7) is 1.93. The highest BCUT2D eigenvalue weighted by molar-refractivity contribution is 6.40. The standard InChI is InChI=1S/C19H19Cl2N9/c20-15-2-1-3-16(17(15)21)30-19(26-27-28-30)14-6-11(7-24-18(14)22)12-8-25-29(10-12)13-4-5-23-9-13/h1-2,6-8,10,13,16,23H,3-5,9H2,(H2,22,24). The van der Waals surface area contributed by atoms with Crippen LogP contribution in [-0.4, -0.2) is 48.1 Å². The smallest absolute Gasteiger partial charge is 0.186 e. The molecule has 3 N–H and O–H groups in total. The van der Waals surface area contributed by atoms with Crippen molar-refractivity contribution >= 4 is 29.0 Å². The van der Waals surface area contributed by atoms with E-state index in [0.29, 0.717) is 39.7 Å². The fraction of sp³-hybridized carbons (Fsp3) is 0.316. The van der Waals surface area contributed by atoms with E-state index in [1.807, 2.05) is 29.2 Å². The van der Waals surface area contributed by atoms with Crippen LogP contribution < -0.4 is 11.1 Å². The third kappa shape index (κ3) is 3.38. The van der Waals surface area contributed by atoms with Gasteiger partial charge in [0, 0.05) is 30.1 Å². The number of nitrogens with one attached hydrogen (secondary N) is 1. The number of rotatable bonds is 4. The topological polar surface area (TPSA) is 112 Å². The molecule has 0 amide bonds. The molecule has 1 fully saturated rings. The summed E-state index contributed by atoms with van der Waals surface area (Å²) >= 11 is 12.6. The first-order chi connectivity index (χ1) is 14.6. The first kappa shape index (κ1) is 19.2. The predicted molar refractivity (Wildman–Crippen MR) is 115 cm³/mol. The highest BCUT2D eigenvalue weighted by atomic mass is 35.5. The van der Waals surface area contributed by atoms with Crippen molar-refractivity contribution in [2.45, 2.75) is 24.9 Å². The van der Waals surface area contributed by atoms with Gasteiger partial charge in [0.1, 0.15) is 5.82 Å². The molecule has 30 heavy (non-hydrogen) atoms. The summed E-state index contributed by atoms with van der Waals surface area (Å²) in [5.41, 5.74) is 8.66. The van der Waals surface area contributed by atoms with Gasteiger partial charge < -0.3 is 11.1 Å². The van der Waals surface area contributed by atoms with E-state index in [-0.39, 0.29) is 6.04 Å². The van der Waals surface area contributed by atoms with Gasteiger partial charge in [-0.3, -0.25) is 4.68 Å². The van der Waals surface area contributed by atoms with E-state index in [1.165, 1.54) is 0 Å². The van der Waals surface area contributed by atoms with Crippen LogP contribution in [0.5, 0.6) is 0 Å². The highest BCUT2D eigenvalue weighted by Gasteiger charge is 2.26. The summed E-state index contributed by atoms with van der Waals surface area (Å²) < 4.78 is 3.63. The van der Waals surface area contributed by atoms with Crippen molar-refractivity contribution in [1.29, 1.82) is 0 Å². The van der Waals surface area contributed by atoms with E-state index in [4.69, 9.17) is 28.9 Å². The van der Waals surface area contributed by atoms with Crippen LogP contribution in [0, 0.1) is 0 Å². The number of pyridine rings is 1. The summed E-state index contributed by atoms with van der Waals surface area (Å²) in [6.07, 6.45) is 11.0. The van der Waals surface area contributed by atoms with Crippen LogP contribution in [0.3, 0.4) is 0 Å². The Kier molecular flexibility index (Phi) is 5.01. The number of tetrazole rings is 1.